The van der Waals surface area contributed by atoms with Gasteiger partial charge in [0.1, 0.15) is 6.04 Å². The van der Waals surface area contributed by atoms with Crippen LogP contribution in [0, 0.1) is 0 Å². The molecule has 8 heteroatoms. The van der Waals surface area contributed by atoms with Crippen molar-refractivity contribution in [1.82, 2.24) is 4.72 Å². The number of sulfonamides is 1. The molecule has 7 nitrogen and oxygen atoms in total. The Bertz CT molecular complexity index is 1000. The van der Waals surface area contributed by atoms with Crippen LogP contribution in [-0.2, 0) is 32.5 Å². The minimum atomic E-state index is -4.04. The molecule has 0 bridgehead atoms. The van der Waals surface area contributed by atoms with Crippen molar-refractivity contribution >= 4 is 27.6 Å². The molecule has 0 saturated carbocycles. The van der Waals surface area contributed by atoms with Crippen LogP contribution in [0.5, 0.6) is 0 Å². The van der Waals surface area contributed by atoms with E-state index in [1.807, 2.05) is 6.92 Å². The van der Waals surface area contributed by atoms with Crippen LogP contribution in [0.3, 0.4) is 0 Å². The number of aliphatic carboxylic acids is 1. The Kier molecular flexibility index (Phi) is 5.53. The Morgan fingerprint density at radius 2 is 1.89 bits per heavy atom. The van der Waals surface area contributed by atoms with Crippen molar-refractivity contribution in [1.29, 1.82) is 0 Å². The van der Waals surface area contributed by atoms with E-state index in [1.54, 1.807) is 41.3 Å². The number of hydrogen-bond donors (Lipinski definition) is 2. The molecule has 1 amide bonds. The summed E-state index contributed by atoms with van der Waals surface area (Å²) in [5, 5.41) is 9.46. The molecule has 28 heavy (non-hydrogen) atoms. The van der Waals surface area contributed by atoms with Gasteiger partial charge in [0, 0.05) is 18.7 Å². The fraction of sp³-hybridized carbons (Fsp3) is 0.300. The first kappa shape index (κ1) is 20.0. The second-order valence-corrected chi connectivity index (χ2v) is 8.65. The van der Waals surface area contributed by atoms with E-state index in [4.69, 9.17) is 0 Å². The molecule has 0 radical (unpaired) electrons. The van der Waals surface area contributed by atoms with Crippen molar-refractivity contribution in [2.24, 2.45) is 0 Å². The van der Waals surface area contributed by atoms with E-state index in [-0.39, 0.29) is 23.3 Å². The third kappa shape index (κ3) is 4.07. The fourth-order valence-corrected chi connectivity index (χ4v) is 4.78. The number of rotatable bonds is 6. The molecule has 2 aromatic rings. The van der Waals surface area contributed by atoms with Gasteiger partial charge >= 0.3 is 5.97 Å². The zero-order valence-electron chi connectivity index (χ0n) is 15.6. The topological polar surface area (TPSA) is 104 Å². The first-order valence-corrected chi connectivity index (χ1v) is 10.4. The molecular weight excluding hydrogens is 380 g/mol. The number of anilines is 1. The predicted molar refractivity (Wildman–Crippen MR) is 105 cm³/mol. The first-order valence-electron chi connectivity index (χ1n) is 8.91. The van der Waals surface area contributed by atoms with Crippen LogP contribution in [0.1, 0.15) is 25.0 Å². The lowest BCUT2D eigenvalue weighted by Gasteiger charge is -2.20. The van der Waals surface area contributed by atoms with Gasteiger partial charge in [-0.15, -0.1) is 0 Å². The highest BCUT2D eigenvalue weighted by molar-refractivity contribution is 7.89. The molecule has 3 rings (SSSR count). The van der Waals surface area contributed by atoms with Gasteiger partial charge in [-0.2, -0.15) is 4.72 Å². The molecule has 2 aromatic carbocycles. The highest BCUT2D eigenvalue weighted by atomic mass is 32.2. The molecule has 148 valence electrons. The molecule has 2 N–H and O–H groups in total. The summed E-state index contributed by atoms with van der Waals surface area (Å²) in [6, 6.07) is 12.0. The van der Waals surface area contributed by atoms with E-state index in [0.29, 0.717) is 12.1 Å². The number of fused-ring (bicyclic) bond motifs is 1. The molecule has 0 fully saturated rings. The van der Waals surface area contributed by atoms with E-state index < -0.39 is 22.0 Å². The Morgan fingerprint density at radius 3 is 2.50 bits per heavy atom. The lowest BCUT2D eigenvalue weighted by Crippen LogP contribution is -2.42. The first-order chi connectivity index (χ1) is 13.2. The molecule has 0 saturated heterocycles. The SMILES string of the molecule is CC(=O)N1c2ccc(S(=O)(=O)N[C@H](Cc3ccccc3)C(=O)O)cc2C[C@@H]1C. The molecule has 1 aliphatic rings. The Hall–Kier alpha value is -2.71. The van der Waals surface area contributed by atoms with E-state index in [9.17, 15) is 23.1 Å². The maximum absolute atomic E-state index is 12.8. The molecule has 1 aliphatic heterocycles. The van der Waals surface area contributed by atoms with Crippen LogP contribution < -0.4 is 9.62 Å². The second kappa shape index (κ2) is 7.73. The molecule has 0 unspecified atom stereocenters. The third-order valence-corrected chi connectivity index (χ3v) is 6.26. The highest BCUT2D eigenvalue weighted by Gasteiger charge is 2.31. The Balaban J connectivity index is 1.85. The Morgan fingerprint density at radius 1 is 1.21 bits per heavy atom. The summed E-state index contributed by atoms with van der Waals surface area (Å²) in [5.74, 6) is -1.35. The van der Waals surface area contributed by atoms with Crippen molar-refractivity contribution in [2.45, 2.75) is 43.7 Å². The molecule has 0 aromatic heterocycles. The van der Waals surface area contributed by atoms with Crippen molar-refractivity contribution < 1.29 is 23.1 Å². The minimum Gasteiger partial charge on any atom is -0.480 e. The van der Waals surface area contributed by atoms with E-state index >= 15 is 0 Å². The minimum absolute atomic E-state index is 0.0110. The number of carboxylic acid groups (broad SMARTS) is 1. The highest BCUT2D eigenvalue weighted by Crippen LogP contribution is 2.33. The number of hydrogen-bond acceptors (Lipinski definition) is 4. The molecule has 2 atom stereocenters. The van der Waals surface area contributed by atoms with Gasteiger partial charge in [-0.25, -0.2) is 8.42 Å². The van der Waals surface area contributed by atoms with Gasteiger partial charge in [0.2, 0.25) is 15.9 Å². The van der Waals surface area contributed by atoms with Crippen molar-refractivity contribution in [3.05, 3.63) is 59.7 Å². The maximum atomic E-state index is 12.8. The van der Waals surface area contributed by atoms with Crippen molar-refractivity contribution in [3.8, 4) is 0 Å². The summed E-state index contributed by atoms with van der Waals surface area (Å²) in [6.07, 6.45) is 0.583. The standard InChI is InChI=1S/C20H22N2O5S/c1-13-10-16-12-17(8-9-19(16)22(13)14(2)23)28(26,27)21-18(20(24)25)11-15-6-4-3-5-7-15/h3-9,12-13,18,21H,10-11H2,1-2H3,(H,24,25)/t13-,18+/m0/s1. The largest absolute Gasteiger partial charge is 0.480 e. The van der Waals surface area contributed by atoms with Crippen LogP contribution in [0.4, 0.5) is 5.69 Å². The third-order valence-electron chi connectivity index (χ3n) is 4.79. The average molecular weight is 402 g/mol. The number of amides is 1. The predicted octanol–water partition coefficient (Wildman–Crippen LogP) is 1.96. The summed E-state index contributed by atoms with van der Waals surface area (Å²) in [4.78, 5) is 25.0. The number of carboxylic acids is 1. The lowest BCUT2D eigenvalue weighted by atomic mass is 10.1. The van der Waals surface area contributed by atoms with Crippen LogP contribution in [-0.4, -0.2) is 37.5 Å². The molecule has 1 heterocycles. The number of benzene rings is 2. The van der Waals surface area contributed by atoms with Gasteiger partial charge in [0.25, 0.3) is 0 Å². The van der Waals surface area contributed by atoms with Gasteiger partial charge < -0.3 is 10.0 Å². The smallest absolute Gasteiger partial charge is 0.322 e. The van der Waals surface area contributed by atoms with Crippen molar-refractivity contribution in [3.63, 3.8) is 0 Å². The molecule has 0 spiro atoms. The number of nitrogens with one attached hydrogen (secondary N) is 1. The lowest BCUT2D eigenvalue weighted by molar-refractivity contribution is -0.138. The second-order valence-electron chi connectivity index (χ2n) is 6.93. The van der Waals surface area contributed by atoms with Crippen molar-refractivity contribution in [2.75, 3.05) is 4.90 Å². The van der Waals surface area contributed by atoms with E-state index in [1.165, 1.54) is 19.1 Å². The Labute approximate surface area is 164 Å². The number of nitrogens with zero attached hydrogens (tertiary/aromatic N) is 1. The van der Waals surface area contributed by atoms with Crippen LogP contribution in [0.25, 0.3) is 0 Å². The van der Waals surface area contributed by atoms with Gasteiger partial charge in [-0.3, -0.25) is 9.59 Å². The van der Waals surface area contributed by atoms with Gasteiger partial charge in [0.15, 0.2) is 0 Å². The summed E-state index contributed by atoms with van der Waals surface area (Å²) >= 11 is 0. The van der Waals surface area contributed by atoms with Gasteiger partial charge in [-0.1, -0.05) is 30.3 Å². The van der Waals surface area contributed by atoms with Gasteiger partial charge in [-0.05, 0) is 49.1 Å². The van der Waals surface area contributed by atoms with Crippen LogP contribution in [0.15, 0.2) is 53.4 Å². The zero-order valence-corrected chi connectivity index (χ0v) is 16.4. The van der Waals surface area contributed by atoms with Gasteiger partial charge in [0.05, 0.1) is 4.90 Å². The van der Waals surface area contributed by atoms with Crippen LogP contribution in [0.2, 0.25) is 0 Å². The summed E-state index contributed by atoms with van der Waals surface area (Å²) in [5.41, 5.74) is 2.16. The average Bonchev–Trinajstić information content (AvgIpc) is 2.96. The number of carbonyl (C=O) groups is 2. The van der Waals surface area contributed by atoms with E-state index in [2.05, 4.69) is 4.72 Å². The summed E-state index contributed by atoms with van der Waals surface area (Å²) in [6.45, 7) is 3.37. The zero-order chi connectivity index (χ0) is 20.5. The molecule has 0 aliphatic carbocycles. The monoisotopic (exact) mass is 402 g/mol. The summed E-state index contributed by atoms with van der Waals surface area (Å²) < 4.78 is 27.8. The van der Waals surface area contributed by atoms with Crippen LogP contribution >= 0.6 is 0 Å². The fourth-order valence-electron chi connectivity index (χ4n) is 3.54. The molecular formula is C20H22N2O5S. The quantitative estimate of drug-likeness (QED) is 0.769. The summed E-state index contributed by atoms with van der Waals surface area (Å²) in [7, 11) is -4.04. The van der Waals surface area contributed by atoms with E-state index in [0.717, 1.165) is 11.1 Å². The normalized spacial score (nSPS) is 17.2. The number of carbonyl (C=O) groups excluding carboxylic acids is 1. The maximum Gasteiger partial charge on any atom is 0.322 e.